The molecule has 1 heterocycles. The largest absolute Gasteiger partial charge is 0.396 e. The number of nitrogens with zero attached hydrogens (tertiary/aromatic N) is 2. The van der Waals surface area contributed by atoms with Gasteiger partial charge in [0.25, 0.3) is 0 Å². The summed E-state index contributed by atoms with van der Waals surface area (Å²) >= 11 is 6.08. The van der Waals surface area contributed by atoms with E-state index >= 15 is 0 Å². The number of nitrogens with one attached hydrogen (secondary N) is 1. The van der Waals surface area contributed by atoms with Gasteiger partial charge in [-0.05, 0) is 25.7 Å². The Bertz CT molecular complexity index is 358. The number of aliphatic hydroxyl groups is 1. The molecule has 0 radical (unpaired) electrons. The van der Waals surface area contributed by atoms with Crippen LogP contribution in [0.2, 0.25) is 5.15 Å². The molecule has 1 unspecified atom stereocenters. The summed E-state index contributed by atoms with van der Waals surface area (Å²) in [5.41, 5.74) is 0.949. The molecule has 1 aromatic heterocycles. The topological polar surface area (TPSA) is 58.0 Å². The summed E-state index contributed by atoms with van der Waals surface area (Å²) in [4.78, 5) is 8.24. The van der Waals surface area contributed by atoms with Gasteiger partial charge in [-0.15, -0.1) is 0 Å². The smallest absolute Gasteiger partial charge is 0.138 e. The maximum atomic E-state index is 8.79. The Labute approximate surface area is 107 Å². The molecule has 0 aliphatic carbocycles. The molecule has 96 valence electrons. The molecule has 2 N–H and O–H groups in total. The van der Waals surface area contributed by atoms with Crippen LogP contribution in [0.25, 0.3) is 0 Å². The van der Waals surface area contributed by atoms with Gasteiger partial charge >= 0.3 is 0 Å². The Balaban J connectivity index is 2.79. The van der Waals surface area contributed by atoms with E-state index in [1.807, 2.05) is 0 Å². The second kappa shape index (κ2) is 6.77. The highest BCUT2D eigenvalue weighted by Crippen LogP contribution is 2.28. The van der Waals surface area contributed by atoms with Gasteiger partial charge in [0.05, 0.1) is 0 Å². The van der Waals surface area contributed by atoms with E-state index in [0.717, 1.165) is 24.2 Å². The molecule has 0 saturated carbocycles. The van der Waals surface area contributed by atoms with E-state index in [0.29, 0.717) is 5.15 Å². The zero-order valence-electron chi connectivity index (χ0n) is 10.6. The average molecular weight is 258 g/mol. The number of rotatable bonds is 6. The van der Waals surface area contributed by atoms with Crippen LogP contribution in [0.4, 0.5) is 5.82 Å². The van der Waals surface area contributed by atoms with Gasteiger partial charge in [0, 0.05) is 18.2 Å². The molecule has 0 aliphatic rings. The number of hydrogen-bond acceptors (Lipinski definition) is 4. The fourth-order valence-corrected chi connectivity index (χ4v) is 2.06. The Morgan fingerprint density at radius 2 is 2.06 bits per heavy atom. The number of halogens is 1. The van der Waals surface area contributed by atoms with Crippen molar-refractivity contribution < 1.29 is 5.11 Å². The Kier molecular flexibility index (Phi) is 5.65. The third kappa shape index (κ3) is 4.13. The molecule has 5 heteroatoms. The Hall–Kier alpha value is -0.870. The molecular formula is C12H20ClN3O. The van der Waals surface area contributed by atoms with Gasteiger partial charge in [-0.1, -0.05) is 25.4 Å². The standard InChI is InChI=1S/C12H20ClN3O/c1-8(2)10-11(13)14-7-15-12(10)16-9(3)5-4-6-17/h7-9,17H,4-6H2,1-3H3,(H,14,15,16). The first-order valence-electron chi connectivity index (χ1n) is 5.94. The summed E-state index contributed by atoms with van der Waals surface area (Å²) in [6, 6.07) is 0.255. The maximum Gasteiger partial charge on any atom is 0.138 e. The van der Waals surface area contributed by atoms with Gasteiger partial charge < -0.3 is 10.4 Å². The van der Waals surface area contributed by atoms with Crippen LogP contribution in [-0.2, 0) is 0 Å². The van der Waals surface area contributed by atoms with E-state index in [9.17, 15) is 0 Å². The van der Waals surface area contributed by atoms with Crippen LogP contribution < -0.4 is 5.32 Å². The zero-order chi connectivity index (χ0) is 12.8. The van der Waals surface area contributed by atoms with E-state index in [2.05, 4.69) is 36.1 Å². The van der Waals surface area contributed by atoms with Crippen molar-refractivity contribution in [3.8, 4) is 0 Å². The van der Waals surface area contributed by atoms with Crippen molar-refractivity contribution in [2.45, 2.75) is 45.6 Å². The molecule has 0 aromatic carbocycles. The molecule has 1 atom stereocenters. The van der Waals surface area contributed by atoms with Crippen LogP contribution in [0, 0.1) is 0 Å². The van der Waals surface area contributed by atoms with Gasteiger partial charge in [0.1, 0.15) is 17.3 Å². The van der Waals surface area contributed by atoms with Crippen LogP contribution >= 0.6 is 11.6 Å². The average Bonchev–Trinajstić information content (AvgIpc) is 2.25. The Morgan fingerprint density at radius 1 is 1.35 bits per heavy atom. The predicted octanol–water partition coefficient (Wildman–Crippen LogP) is 2.83. The van der Waals surface area contributed by atoms with Gasteiger partial charge in [-0.3, -0.25) is 0 Å². The summed E-state index contributed by atoms with van der Waals surface area (Å²) in [7, 11) is 0. The van der Waals surface area contributed by atoms with E-state index in [4.69, 9.17) is 16.7 Å². The lowest BCUT2D eigenvalue weighted by Crippen LogP contribution is -2.18. The molecule has 0 amide bonds. The third-order valence-electron chi connectivity index (χ3n) is 2.59. The van der Waals surface area contributed by atoms with Crippen molar-refractivity contribution in [3.05, 3.63) is 17.0 Å². The monoisotopic (exact) mass is 257 g/mol. The molecule has 0 saturated heterocycles. The summed E-state index contributed by atoms with van der Waals surface area (Å²) in [5, 5.41) is 12.6. The highest BCUT2D eigenvalue weighted by molar-refractivity contribution is 6.30. The van der Waals surface area contributed by atoms with Crippen molar-refractivity contribution in [2.24, 2.45) is 0 Å². The molecule has 1 aromatic rings. The quantitative estimate of drug-likeness (QED) is 0.770. The SMILES string of the molecule is CC(CCCO)Nc1ncnc(Cl)c1C(C)C. The van der Waals surface area contributed by atoms with E-state index < -0.39 is 0 Å². The molecule has 4 nitrogen and oxygen atoms in total. The van der Waals surface area contributed by atoms with Crippen LogP contribution in [0.5, 0.6) is 0 Å². The van der Waals surface area contributed by atoms with Crippen molar-refractivity contribution in [1.82, 2.24) is 9.97 Å². The lowest BCUT2D eigenvalue weighted by Gasteiger charge is -2.18. The number of hydrogen-bond donors (Lipinski definition) is 2. The zero-order valence-corrected chi connectivity index (χ0v) is 11.3. The van der Waals surface area contributed by atoms with Crippen LogP contribution in [0.3, 0.4) is 0 Å². The fraction of sp³-hybridized carbons (Fsp3) is 0.667. The minimum absolute atomic E-state index is 0.216. The van der Waals surface area contributed by atoms with E-state index in [-0.39, 0.29) is 18.6 Å². The van der Waals surface area contributed by atoms with Crippen LogP contribution in [0.15, 0.2) is 6.33 Å². The summed E-state index contributed by atoms with van der Waals surface area (Å²) < 4.78 is 0. The summed E-state index contributed by atoms with van der Waals surface area (Å²) in [6.07, 6.45) is 3.15. The molecule has 1 rings (SSSR count). The first-order valence-corrected chi connectivity index (χ1v) is 6.31. The van der Waals surface area contributed by atoms with Gasteiger partial charge in [0.15, 0.2) is 0 Å². The summed E-state index contributed by atoms with van der Waals surface area (Å²) in [5.74, 6) is 1.07. The third-order valence-corrected chi connectivity index (χ3v) is 2.89. The first kappa shape index (κ1) is 14.2. The Morgan fingerprint density at radius 3 is 2.65 bits per heavy atom. The normalized spacial score (nSPS) is 12.8. The van der Waals surface area contributed by atoms with E-state index in [1.54, 1.807) is 0 Å². The number of aliphatic hydroxyl groups excluding tert-OH is 1. The number of aromatic nitrogens is 2. The van der Waals surface area contributed by atoms with Gasteiger partial charge in [-0.2, -0.15) is 0 Å². The minimum atomic E-state index is 0.216. The predicted molar refractivity (Wildman–Crippen MR) is 70.5 cm³/mol. The maximum absolute atomic E-state index is 8.79. The van der Waals surface area contributed by atoms with E-state index in [1.165, 1.54) is 6.33 Å². The van der Waals surface area contributed by atoms with Crippen LogP contribution in [0.1, 0.15) is 45.1 Å². The second-order valence-electron chi connectivity index (χ2n) is 4.49. The molecule has 0 bridgehead atoms. The molecular weight excluding hydrogens is 238 g/mol. The van der Waals surface area contributed by atoms with Crippen LogP contribution in [-0.4, -0.2) is 27.7 Å². The van der Waals surface area contributed by atoms with Gasteiger partial charge in [-0.25, -0.2) is 9.97 Å². The van der Waals surface area contributed by atoms with Gasteiger partial charge in [0.2, 0.25) is 0 Å². The second-order valence-corrected chi connectivity index (χ2v) is 4.85. The lowest BCUT2D eigenvalue weighted by atomic mass is 10.1. The molecule has 0 fully saturated rings. The summed E-state index contributed by atoms with van der Waals surface area (Å²) in [6.45, 7) is 6.41. The fourth-order valence-electron chi connectivity index (χ4n) is 1.70. The van der Waals surface area contributed by atoms with Crippen molar-refractivity contribution in [2.75, 3.05) is 11.9 Å². The minimum Gasteiger partial charge on any atom is -0.396 e. The highest BCUT2D eigenvalue weighted by Gasteiger charge is 2.14. The van der Waals surface area contributed by atoms with Crippen molar-refractivity contribution in [1.29, 1.82) is 0 Å². The molecule has 0 aliphatic heterocycles. The molecule has 0 spiro atoms. The molecule has 17 heavy (non-hydrogen) atoms. The van der Waals surface area contributed by atoms with Crippen molar-refractivity contribution >= 4 is 17.4 Å². The highest BCUT2D eigenvalue weighted by atomic mass is 35.5. The lowest BCUT2D eigenvalue weighted by molar-refractivity contribution is 0.282. The van der Waals surface area contributed by atoms with Crippen molar-refractivity contribution in [3.63, 3.8) is 0 Å². The number of anilines is 1. The first-order chi connectivity index (χ1) is 8.06.